The van der Waals surface area contributed by atoms with Crippen molar-refractivity contribution in [2.75, 3.05) is 0 Å². The van der Waals surface area contributed by atoms with E-state index >= 15 is 0 Å². The fourth-order valence-corrected chi connectivity index (χ4v) is 2.37. The molecule has 5 nitrogen and oxygen atoms in total. The molecule has 0 aliphatic rings. The number of pyridine rings is 1. The van der Waals surface area contributed by atoms with E-state index in [1.807, 2.05) is 0 Å². The van der Waals surface area contributed by atoms with E-state index < -0.39 is 0 Å². The molecule has 2 aromatic heterocycles. The topological polar surface area (TPSA) is 67.5 Å². The van der Waals surface area contributed by atoms with Gasteiger partial charge in [-0.25, -0.2) is 5.43 Å². The molecule has 0 atom stereocenters. The van der Waals surface area contributed by atoms with Crippen LogP contribution in [0.5, 0.6) is 0 Å². The molecular formula is C17H11Cl2N3O2. The zero-order chi connectivity index (χ0) is 16.9. The molecule has 0 saturated heterocycles. The lowest BCUT2D eigenvalue weighted by atomic mass is 10.2. The highest BCUT2D eigenvalue weighted by Gasteiger charge is 2.10. The molecule has 0 radical (unpaired) electrons. The molecule has 3 rings (SSSR count). The van der Waals surface area contributed by atoms with Gasteiger partial charge in [0.25, 0.3) is 5.91 Å². The predicted octanol–water partition coefficient (Wildman–Crippen LogP) is 4.41. The maximum atomic E-state index is 11.8. The average molecular weight is 360 g/mol. The van der Waals surface area contributed by atoms with E-state index in [0.717, 1.165) is 0 Å². The molecule has 0 fully saturated rings. The van der Waals surface area contributed by atoms with Gasteiger partial charge in [-0.1, -0.05) is 29.3 Å². The Morgan fingerprint density at radius 3 is 2.83 bits per heavy atom. The number of hydrogen-bond donors (Lipinski definition) is 1. The first kappa shape index (κ1) is 16.2. The number of furan rings is 1. The van der Waals surface area contributed by atoms with E-state index in [-0.39, 0.29) is 5.91 Å². The zero-order valence-corrected chi connectivity index (χ0v) is 13.8. The smallest absolute Gasteiger partial charge is 0.272 e. The van der Waals surface area contributed by atoms with Crippen LogP contribution >= 0.6 is 23.2 Å². The SMILES string of the molecule is O=C(N/N=C/c1ccc(-c2cccc(Cl)c2Cl)o1)c1cccnc1. The zero-order valence-electron chi connectivity index (χ0n) is 12.2. The molecule has 0 aliphatic carbocycles. The molecule has 0 aliphatic heterocycles. The number of halogens is 2. The summed E-state index contributed by atoms with van der Waals surface area (Å²) < 4.78 is 5.64. The van der Waals surface area contributed by atoms with Gasteiger partial charge in [0, 0.05) is 18.0 Å². The second-order valence-electron chi connectivity index (χ2n) is 4.74. The minimum absolute atomic E-state index is 0.357. The molecule has 2 heterocycles. The van der Waals surface area contributed by atoms with Crippen molar-refractivity contribution in [1.29, 1.82) is 0 Å². The number of nitrogens with zero attached hydrogens (tertiary/aromatic N) is 2. The van der Waals surface area contributed by atoms with E-state index in [0.29, 0.717) is 32.7 Å². The van der Waals surface area contributed by atoms with Crippen LogP contribution in [0.25, 0.3) is 11.3 Å². The van der Waals surface area contributed by atoms with Gasteiger partial charge in [0.2, 0.25) is 0 Å². The van der Waals surface area contributed by atoms with Gasteiger partial charge in [-0.15, -0.1) is 0 Å². The number of rotatable bonds is 4. The van der Waals surface area contributed by atoms with Crippen molar-refractivity contribution in [3.8, 4) is 11.3 Å². The van der Waals surface area contributed by atoms with E-state index in [4.69, 9.17) is 27.6 Å². The number of benzene rings is 1. The lowest BCUT2D eigenvalue weighted by Crippen LogP contribution is -2.17. The summed E-state index contributed by atoms with van der Waals surface area (Å²) in [5.41, 5.74) is 3.50. The molecule has 1 N–H and O–H groups in total. The highest BCUT2D eigenvalue weighted by atomic mass is 35.5. The van der Waals surface area contributed by atoms with Crippen LogP contribution in [-0.2, 0) is 0 Å². The summed E-state index contributed by atoms with van der Waals surface area (Å²) in [7, 11) is 0. The summed E-state index contributed by atoms with van der Waals surface area (Å²) in [5, 5.41) is 4.73. The Kier molecular flexibility index (Phi) is 4.93. The van der Waals surface area contributed by atoms with Gasteiger partial charge in [0.15, 0.2) is 0 Å². The minimum atomic E-state index is -0.357. The van der Waals surface area contributed by atoms with Crippen LogP contribution in [-0.4, -0.2) is 17.1 Å². The lowest BCUT2D eigenvalue weighted by molar-refractivity contribution is 0.0955. The number of amides is 1. The number of nitrogens with one attached hydrogen (secondary N) is 1. The summed E-state index contributed by atoms with van der Waals surface area (Å²) in [6.45, 7) is 0. The molecule has 7 heteroatoms. The van der Waals surface area contributed by atoms with E-state index in [1.165, 1.54) is 12.4 Å². The van der Waals surface area contributed by atoms with Gasteiger partial charge in [0.05, 0.1) is 21.8 Å². The fourth-order valence-electron chi connectivity index (χ4n) is 1.98. The lowest BCUT2D eigenvalue weighted by Gasteiger charge is -2.01. The largest absolute Gasteiger partial charge is 0.455 e. The minimum Gasteiger partial charge on any atom is -0.455 e. The number of hydrazone groups is 1. The van der Waals surface area contributed by atoms with Crippen LogP contribution in [0.3, 0.4) is 0 Å². The average Bonchev–Trinajstić information content (AvgIpc) is 3.06. The van der Waals surface area contributed by atoms with Crippen LogP contribution in [0, 0.1) is 0 Å². The van der Waals surface area contributed by atoms with Crippen molar-refractivity contribution in [3.05, 3.63) is 76.2 Å². The first-order chi connectivity index (χ1) is 11.6. The van der Waals surface area contributed by atoms with Crippen LogP contribution in [0.1, 0.15) is 16.1 Å². The van der Waals surface area contributed by atoms with Crippen molar-refractivity contribution in [1.82, 2.24) is 10.4 Å². The molecule has 120 valence electrons. The summed E-state index contributed by atoms with van der Waals surface area (Å²) >= 11 is 12.2. The Labute approximate surface area is 147 Å². The van der Waals surface area contributed by atoms with Crippen LogP contribution in [0.2, 0.25) is 10.0 Å². The number of aromatic nitrogens is 1. The first-order valence-corrected chi connectivity index (χ1v) is 7.68. The van der Waals surface area contributed by atoms with Crippen LogP contribution in [0.4, 0.5) is 0 Å². The molecule has 1 amide bonds. The van der Waals surface area contributed by atoms with Gasteiger partial charge in [-0.3, -0.25) is 9.78 Å². The van der Waals surface area contributed by atoms with Crippen LogP contribution < -0.4 is 5.43 Å². The fraction of sp³-hybridized carbons (Fsp3) is 0. The van der Waals surface area contributed by atoms with Crippen molar-refractivity contribution in [2.24, 2.45) is 5.10 Å². The Morgan fingerprint density at radius 1 is 1.17 bits per heavy atom. The molecule has 0 saturated carbocycles. The molecule has 0 bridgehead atoms. The van der Waals surface area contributed by atoms with Gasteiger partial charge in [-0.05, 0) is 36.4 Å². The van der Waals surface area contributed by atoms with Crippen molar-refractivity contribution in [2.45, 2.75) is 0 Å². The van der Waals surface area contributed by atoms with Gasteiger partial charge in [0.1, 0.15) is 11.5 Å². The monoisotopic (exact) mass is 359 g/mol. The number of hydrogen-bond acceptors (Lipinski definition) is 4. The van der Waals surface area contributed by atoms with Gasteiger partial charge >= 0.3 is 0 Å². The summed E-state index contributed by atoms with van der Waals surface area (Å²) in [4.78, 5) is 15.7. The second-order valence-corrected chi connectivity index (χ2v) is 5.53. The third-order valence-electron chi connectivity index (χ3n) is 3.13. The Bertz CT molecular complexity index is 892. The molecular weight excluding hydrogens is 349 g/mol. The quantitative estimate of drug-likeness (QED) is 0.554. The normalized spacial score (nSPS) is 10.9. The standard InChI is InChI=1S/C17H11Cl2N3O2/c18-14-5-1-4-13(16(14)19)15-7-6-12(24-15)10-21-22-17(23)11-3-2-8-20-9-11/h1-10H,(H,22,23)/b21-10+. The predicted molar refractivity (Wildman–Crippen MR) is 93.5 cm³/mol. The van der Waals surface area contributed by atoms with E-state index in [1.54, 1.807) is 48.7 Å². The maximum absolute atomic E-state index is 11.8. The summed E-state index contributed by atoms with van der Waals surface area (Å²) in [6, 6.07) is 12.1. The Morgan fingerprint density at radius 2 is 2.04 bits per heavy atom. The maximum Gasteiger partial charge on any atom is 0.272 e. The van der Waals surface area contributed by atoms with Crippen molar-refractivity contribution in [3.63, 3.8) is 0 Å². The first-order valence-electron chi connectivity index (χ1n) is 6.93. The van der Waals surface area contributed by atoms with Crippen LogP contribution in [0.15, 0.2) is 64.4 Å². The molecule has 0 unspecified atom stereocenters. The Hall–Kier alpha value is -2.63. The van der Waals surface area contributed by atoms with E-state index in [2.05, 4.69) is 15.5 Å². The van der Waals surface area contributed by atoms with Crippen molar-refractivity contribution < 1.29 is 9.21 Å². The Balaban J connectivity index is 1.70. The molecule has 3 aromatic rings. The van der Waals surface area contributed by atoms with E-state index in [9.17, 15) is 4.79 Å². The molecule has 0 spiro atoms. The highest BCUT2D eigenvalue weighted by Crippen LogP contribution is 2.34. The summed E-state index contributed by atoms with van der Waals surface area (Å²) in [5.74, 6) is 0.666. The third-order valence-corrected chi connectivity index (χ3v) is 3.94. The third kappa shape index (κ3) is 3.64. The number of carbonyl (C=O) groups excluding carboxylic acids is 1. The molecule has 24 heavy (non-hydrogen) atoms. The van der Waals surface area contributed by atoms with Gasteiger partial charge in [-0.2, -0.15) is 5.10 Å². The van der Waals surface area contributed by atoms with Crippen molar-refractivity contribution >= 4 is 35.3 Å². The van der Waals surface area contributed by atoms with Gasteiger partial charge < -0.3 is 4.42 Å². The summed E-state index contributed by atoms with van der Waals surface area (Å²) in [6.07, 6.45) is 4.44. The second kappa shape index (κ2) is 7.29. The molecule has 1 aromatic carbocycles. The highest BCUT2D eigenvalue weighted by molar-refractivity contribution is 6.43. The number of carbonyl (C=O) groups is 1.